The SMILES string of the molecule is CC(C)CCCCCC(=S)C(C)C. The summed E-state index contributed by atoms with van der Waals surface area (Å²) in [6.45, 7) is 8.96. The standard InChI is InChI=1S/C12H24S/c1-10(2)8-6-5-7-9-12(13)11(3)4/h10-11H,5-9H2,1-4H3. The molecule has 0 nitrogen and oxygen atoms in total. The molecule has 0 rings (SSSR count). The van der Waals surface area contributed by atoms with Gasteiger partial charge < -0.3 is 0 Å². The van der Waals surface area contributed by atoms with E-state index in [1.807, 2.05) is 0 Å². The van der Waals surface area contributed by atoms with E-state index in [1.54, 1.807) is 0 Å². The van der Waals surface area contributed by atoms with Gasteiger partial charge in [-0.1, -0.05) is 59.2 Å². The van der Waals surface area contributed by atoms with Crippen LogP contribution in [0.2, 0.25) is 0 Å². The lowest BCUT2D eigenvalue weighted by Gasteiger charge is -2.07. The van der Waals surface area contributed by atoms with Crippen molar-refractivity contribution >= 4 is 17.1 Å². The first kappa shape index (κ1) is 13.1. The van der Waals surface area contributed by atoms with Crippen molar-refractivity contribution in [1.82, 2.24) is 0 Å². The molecule has 0 saturated heterocycles. The first-order valence-electron chi connectivity index (χ1n) is 5.56. The van der Waals surface area contributed by atoms with Crippen LogP contribution in [0.1, 0.15) is 59.8 Å². The van der Waals surface area contributed by atoms with E-state index in [1.165, 1.54) is 30.5 Å². The van der Waals surface area contributed by atoms with Crippen molar-refractivity contribution in [3.8, 4) is 0 Å². The Bertz CT molecular complexity index is 136. The first-order valence-corrected chi connectivity index (χ1v) is 5.97. The fraction of sp³-hybridized carbons (Fsp3) is 0.917. The minimum atomic E-state index is 0.597. The van der Waals surface area contributed by atoms with Crippen molar-refractivity contribution in [3.63, 3.8) is 0 Å². The Labute approximate surface area is 89.1 Å². The zero-order valence-electron chi connectivity index (χ0n) is 9.60. The normalized spacial score (nSPS) is 11.2. The predicted octanol–water partition coefficient (Wildman–Crippen LogP) is 4.62. The number of unbranched alkanes of at least 4 members (excludes halogenated alkanes) is 2. The van der Waals surface area contributed by atoms with E-state index >= 15 is 0 Å². The molecule has 0 radical (unpaired) electrons. The molecule has 13 heavy (non-hydrogen) atoms. The molecule has 1 heteroatoms. The Morgan fingerprint density at radius 2 is 1.62 bits per heavy atom. The van der Waals surface area contributed by atoms with Crippen molar-refractivity contribution in [2.24, 2.45) is 11.8 Å². The Kier molecular flexibility index (Phi) is 7.54. The highest BCUT2D eigenvalue weighted by Crippen LogP contribution is 2.12. The van der Waals surface area contributed by atoms with E-state index in [9.17, 15) is 0 Å². The van der Waals surface area contributed by atoms with Crippen LogP contribution < -0.4 is 0 Å². The highest BCUT2D eigenvalue weighted by atomic mass is 32.1. The molecule has 0 atom stereocenters. The van der Waals surface area contributed by atoms with Crippen LogP contribution in [0.3, 0.4) is 0 Å². The molecule has 0 heterocycles. The Morgan fingerprint density at radius 3 is 2.08 bits per heavy atom. The van der Waals surface area contributed by atoms with Crippen molar-refractivity contribution in [2.75, 3.05) is 0 Å². The van der Waals surface area contributed by atoms with Gasteiger partial charge in [0.05, 0.1) is 0 Å². The van der Waals surface area contributed by atoms with E-state index in [0.29, 0.717) is 5.92 Å². The molecule has 0 aromatic carbocycles. The van der Waals surface area contributed by atoms with Gasteiger partial charge in [0.1, 0.15) is 0 Å². The maximum Gasteiger partial charge on any atom is -0.00461 e. The number of thiocarbonyl (C=S) groups is 1. The molecule has 0 unspecified atom stereocenters. The van der Waals surface area contributed by atoms with Gasteiger partial charge in [0, 0.05) is 0 Å². The third-order valence-electron chi connectivity index (χ3n) is 2.35. The molecule has 78 valence electrons. The Morgan fingerprint density at radius 1 is 1.00 bits per heavy atom. The largest absolute Gasteiger partial charge is 0.0894 e. The third-order valence-corrected chi connectivity index (χ3v) is 3.02. The highest BCUT2D eigenvalue weighted by molar-refractivity contribution is 7.80. The molecule has 0 aliphatic carbocycles. The fourth-order valence-corrected chi connectivity index (χ4v) is 1.46. The average molecular weight is 200 g/mol. The highest BCUT2D eigenvalue weighted by Gasteiger charge is 2.01. The van der Waals surface area contributed by atoms with Gasteiger partial charge in [-0.3, -0.25) is 0 Å². The lowest BCUT2D eigenvalue weighted by Crippen LogP contribution is -2.03. The van der Waals surface area contributed by atoms with Crippen LogP contribution in [0.15, 0.2) is 0 Å². The van der Waals surface area contributed by atoms with Crippen molar-refractivity contribution < 1.29 is 0 Å². The lowest BCUT2D eigenvalue weighted by molar-refractivity contribution is 0.530. The quantitative estimate of drug-likeness (QED) is 0.427. The summed E-state index contributed by atoms with van der Waals surface area (Å²) in [6, 6.07) is 0. The second-order valence-electron chi connectivity index (χ2n) is 4.61. The van der Waals surface area contributed by atoms with Crippen molar-refractivity contribution in [2.45, 2.75) is 59.8 Å². The van der Waals surface area contributed by atoms with Crippen LogP contribution in [0.25, 0.3) is 0 Å². The number of rotatable bonds is 7. The Balaban J connectivity index is 3.21. The summed E-state index contributed by atoms with van der Waals surface area (Å²) in [5.41, 5.74) is 0. The number of hydrogen-bond donors (Lipinski definition) is 0. The van der Waals surface area contributed by atoms with Gasteiger partial charge in [-0.25, -0.2) is 0 Å². The van der Waals surface area contributed by atoms with E-state index in [0.717, 1.165) is 12.3 Å². The Hall–Kier alpha value is 0.0900. The summed E-state index contributed by atoms with van der Waals surface area (Å²) in [6.07, 6.45) is 6.55. The molecular formula is C12H24S. The van der Waals surface area contributed by atoms with E-state index in [2.05, 4.69) is 27.7 Å². The maximum absolute atomic E-state index is 5.28. The van der Waals surface area contributed by atoms with Crippen molar-refractivity contribution in [1.29, 1.82) is 0 Å². The van der Waals surface area contributed by atoms with Gasteiger partial charge >= 0.3 is 0 Å². The molecule has 0 aromatic heterocycles. The lowest BCUT2D eigenvalue weighted by atomic mass is 10.0. The summed E-state index contributed by atoms with van der Waals surface area (Å²) < 4.78 is 0. The molecule has 0 aromatic rings. The van der Waals surface area contributed by atoms with Crippen LogP contribution >= 0.6 is 12.2 Å². The molecule has 0 aliphatic heterocycles. The molecule has 0 fully saturated rings. The van der Waals surface area contributed by atoms with Gasteiger partial charge in [-0.15, -0.1) is 0 Å². The molecule has 0 N–H and O–H groups in total. The van der Waals surface area contributed by atoms with Gasteiger partial charge in [-0.05, 0) is 29.5 Å². The summed E-state index contributed by atoms with van der Waals surface area (Å²) in [5, 5.41) is 0. The molecular weight excluding hydrogens is 176 g/mol. The smallest absolute Gasteiger partial charge is 0.00461 e. The predicted molar refractivity (Wildman–Crippen MR) is 65.4 cm³/mol. The molecule has 0 bridgehead atoms. The van der Waals surface area contributed by atoms with Crippen molar-refractivity contribution in [3.05, 3.63) is 0 Å². The third kappa shape index (κ3) is 8.42. The molecule has 0 amide bonds. The summed E-state index contributed by atoms with van der Waals surface area (Å²) in [7, 11) is 0. The van der Waals surface area contributed by atoms with Crippen LogP contribution in [-0.2, 0) is 0 Å². The second kappa shape index (κ2) is 7.49. The topological polar surface area (TPSA) is 0 Å². The maximum atomic E-state index is 5.28. The zero-order valence-corrected chi connectivity index (χ0v) is 10.4. The van der Waals surface area contributed by atoms with E-state index in [-0.39, 0.29) is 0 Å². The van der Waals surface area contributed by atoms with Gasteiger partial charge in [0.25, 0.3) is 0 Å². The van der Waals surface area contributed by atoms with Crippen LogP contribution in [0.4, 0.5) is 0 Å². The monoisotopic (exact) mass is 200 g/mol. The minimum Gasteiger partial charge on any atom is -0.0894 e. The molecule has 0 spiro atoms. The van der Waals surface area contributed by atoms with Gasteiger partial charge in [-0.2, -0.15) is 0 Å². The van der Waals surface area contributed by atoms with Crippen LogP contribution in [0.5, 0.6) is 0 Å². The van der Waals surface area contributed by atoms with Gasteiger partial charge in [0.2, 0.25) is 0 Å². The first-order chi connectivity index (χ1) is 6.04. The molecule has 0 saturated carbocycles. The van der Waals surface area contributed by atoms with Crippen LogP contribution in [-0.4, -0.2) is 4.86 Å². The summed E-state index contributed by atoms with van der Waals surface area (Å²) >= 11 is 5.28. The molecule has 0 aliphatic rings. The number of hydrogen-bond acceptors (Lipinski definition) is 1. The van der Waals surface area contributed by atoms with E-state index in [4.69, 9.17) is 12.2 Å². The fourth-order valence-electron chi connectivity index (χ4n) is 1.32. The summed E-state index contributed by atoms with van der Waals surface area (Å²) in [4.78, 5) is 1.25. The second-order valence-corrected chi connectivity index (χ2v) is 5.14. The summed E-state index contributed by atoms with van der Waals surface area (Å²) in [5.74, 6) is 1.46. The van der Waals surface area contributed by atoms with Gasteiger partial charge in [0.15, 0.2) is 0 Å². The van der Waals surface area contributed by atoms with E-state index < -0.39 is 0 Å². The van der Waals surface area contributed by atoms with Crippen LogP contribution in [0, 0.1) is 11.8 Å². The minimum absolute atomic E-state index is 0.597. The average Bonchev–Trinajstić information content (AvgIpc) is 2.02. The zero-order chi connectivity index (χ0) is 10.3.